The molecule has 1 heterocycles. The molecule has 0 aliphatic carbocycles. The zero-order valence-corrected chi connectivity index (χ0v) is 11.2. The van der Waals surface area contributed by atoms with Crippen molar-refractivity contribution < 1.29 is 14.3 Å². The lowest BCUT2D eigenvalue weighted by molar-refractivity contribution is 0.102. The van der Waals surface area contributed by atoms with Gasteiger partial charge in [0, 0.05) is 6.20 Å². The van der Waals surface area contributed by atoms with Gasteiger partial charge in [-0.1, -0.05) is 6.07 Å². The van der Waals surface area contributed by atoms with Gasteiger partial charge in [0.1, 0.15) is 0 Å². The van der Waals surface area contributed by atoms with Gasteiger partial charge in [-0.25, -0.2) is 0 Å². The molecule has 1 aromatic heterocycles. The van der Waals surface area contributed by atoms with E-state index in [4.69, 9.17) is 15.2 Å². The van der Waals surface area contributed by atoms with Gasteiger partial charge < -0.3 is 20.5 Å². The number of ether oxygens (including phenoxy) is 2. The first-order chi connectivity index (χ1) is 9.67. The number of aromatic nitrogens is 1. The lowest BCUT2D eigenvalue weighted by Gasteiger charge is -2.13. The fraction of sp³-hybridized carbons (Fsp3) is 0.143. The summed E-state index contributed by atoms with van der Waals surface area (Å²) in [6.07, 6.45) is 3.02. The molecule has 0 aliphatic rings. The Morgan fingerprint density at radius 3 is 2.70 bits per heavy atom. The molecule has 2 aromatic rings. The first kappa shape index (κ1) is 13.7. The van der Waals surface area contributed by atoms with Crippen LogP contribution in [0.25, 0.3) is 0 Å². The molecule has 6 heteroatoms. The minimum Gasteiger partial charge on any atom is -0.493 e. The average Bonchev–Trinajstić information content (AvgIpc) is 2.48. The molecule has 0 atom stereocenters. The van der Waals surface area contributed by atoms with Crippen LogP contribution in [0, 0.1) is 0 Å². The molecule has 0 unspecified atom stereocenters. The largest absolute Gasteiger partial charge is 0.493 e. The lowest BCUT2D eigenvalue weighted by atomic mass is 10.1. The van der Waals surface area contributed by atoms with Crippen molar-refractivity contribution in [3.05, 3.63) is 42.2 Å². The number of nitrogens with one attached hydrogen (secondary N) is 1. The Morgan fingerprint density at radius 2 is 2.05 bits per heavy atom. The minimum absolute atomic E-state index is 0.335. The van der Waals surface area contributed by atoms with E-state index < -0.39 is 0 Å². The Labute approximate surface area is 116 Å². The van der Waals surface area contributed by atoms with Gasteiger partial charge in [-0.05, 0) is 18.2 Å². The molecule has 0 bridgehead atoms. The zero-order chi connectivity index (χ0) is 14.5. The van der Waals surface area contributed by atoms with Gasteiger partial charge in [0.15, 0.2) is 11.5 Å². The van der Waals surface area contributed by atoms with Crippen LogP contribution in [-0.4, -0.2) is 25.1 Å². The van der Waals surface area contributed by atoms with Gasteiger partial charge in [0.05, 0.1) is 37.4 Å². The van der Waals surface area contributed by atoms with Crippen LogP contribution in [0.3, 0.4) is 0 Å². The van der Waals surface area contributed by atoms with E-state index in [1.165, 1.54) is 20.4 Å². The molecule has 0 aliphatic heterocycles. The Morgan fingerprint density at radius 1 is 1.25 bits per heavy atom. The van der Waals surface area contributed by atoms with Crippen molar-refractivity contribution in [1.29, 1.82) is 0 Å². The molecule has 3 N–H and O–H groups in total. The van der Waals surface area contributed by atoms with Crippen LogP contribution in [0.2, 0.25) is 0 Å². The highest BCUT2D eigenvalue weighted by molar-refractivity contribution is 6.07. The number of amides is 1. The molecule has 0 radical (unpaired) electrons. The second-order valence-corrected chi connectivity index (χ2v) is 3.96. The maximum atomic E-state index is 12.3. The fourth-order valence-corrected chi connectivity index (χ4v) is 1.78. The van der Waals surface area contributed by atoms with Crippen LogP contribution in [0.5, 0.6) is 11.5 Å². The van der Waals surface area contributed by atoms with Crippen LogP contribution in [0.4, 0.5) is 11.4 Å². The molecule has 20 heavy (non-hydrogen) atoms. The van der Waals surface area contributed by atoms with E-state index in [1.54, 1.807) is 30.5 Å². The summed E-state index contributed by atoms with van der Waals surface area (Å²) in [5.41, 5.74) is 6.99. The fourth-order valence-electron chi connectivity index (χ4n) is 1.78. The molecule has 0 fully saturated rings. The Kier molecular flexibility index (Phi) is 4.05. The summed E-state index contributed by atoms with van der Waals surface area (Å²) in [4.78, 5) is 16.2. The standard InChI is InChI=1S/C14H15N3O3/c1-19-12-5-3-4-9(13(12)20-2)14(18)17-11-6-7-16-8-10(11)15/h3-8H,15H2,1-2H3,(H,16,17,18). The second kappa shape index (κ2) is 5.92. The number of para-hydroxylation sites is 1. The molecule has 0 spiro atoms. The number of nitrogens with zero attached hydrogens (tertiary/aromatic N) is 1. The molecule has 2 rings (SSSR count). The lowest BCUT2D eigenvalue weighted by Crippen LogP contribution is -2.14. The number of anilines is 2. The molecule has 1 aromatic carbocycles. The van der Waals surface area contributed by atoms with Gasteiger partial charge >= 0.3 is 0 Å². The van der Waals surface area contributed by atoms with Crippen molar-refractivity contribution in [2.45, 2.75) is 0 Å². The molecular weight excluding hydrogens is 258 g/mol. The molecular formula is C14H15N3O3. The molecule has 6 nitrogen and oxygen atoms in total. The maximum Gasteiger partial charge on any atom is 0.259 e. The quantitative estimate of drug-likeness (QED) is 0.889. The third-order valence-electron chi connectivity index (χ3n) is 2.75. The van der Waals surface area contributed by atoms with Crippen LogP contribution in [0.1, 0.15) is 10.4 Å². The van der Waals surface area contributed by atoms with E-state index in [0.29, 0.717) is 28.4 Å². The summed E-state index contributed by atoms with van der Waals surface area (Å²) in [5, 5.41) is 2.71. The third kappa shape index (κ3) is 2.64. The summed E-state index contributed by atoms with van der Waals surface area (Å²) < 4.78 is 10.4. The van der Waals surface area contributed by atoms with E-state index in [2.05, 4.69) is 10.3 Å². The van der Waals surface area contributed by atoms with Crippen LogP contribution < -0.4 is 20.5 Å². The van der Waals surface area contributed by atoms with Gasteiger partial charge in [-0.15, -0.1) is 0 Å². The normalized spacial score (nSPS) is 9.90. The molecule has 0 saturated heterocycles. The maximum absolute atomic E-state index is 12.3. The highest BCUT2D eigenvalue weighted by Gasteiger charge is 2.17. The number of carbonyl (C=O) groups excluding carboxylic acids is 1. The third-order valence-corrected chi connectivity index (χ3v) is 2.75. The predicted molar refractivity (Wildman–Crippen MR) is 76.1 cm³/mol. The number of hydrogen-bond acceptors (Lipinski definition) is 5. The van der Waals surface area contributed by atoms with Crippen LogP contribution in [-0.2, 0) is 0 Å². The van der Waals surface area contributed by atoms with Crippen LogP contribution in [0.15, 0.2) is 36.7 Å². The number of nitrogens with two attached hydrogens (primary N) is 1. The van der Waals surface area contributed by atoms with E-state index in [1.807, 2.05) is 0 Å². The highest BCUT2D eigenvalue weighted by atomic mass is 16.5. The minimum atomic E-state index is -0.335. The smallest absolute Gasteiger partial charge is 0.259 e. The zero-order valence-electron chi connectivity index (χ0n) is 11.2. The van der Waals surface area contributed by atoms with E-state index in [0.717, 1.165) is 0 Å². The monoisotopic (exact) mass is 273 g/mol. The summed E-state index contributed by atoms with van der Waals surface area (Å²) in [7, 11) is 3.00. The van der Waals surface area contributed by atoms with Crippen LogP contribution >= 0.6 is 0 Å². The Hall–Kier alpha value is -2.76. The number of nitrogen functional groups attached to an aromatic ring is 1. The summed E-state index contributed by atoms with van der Waals surface area (Å²) in [6, 6.07) is 6.70. The number of hydrogen-bond donors (Lipinski definition) is 2. The van der Waals surface area contributed by atoms with Crippen molar-refractivity contribution in [1.82, 2.24) is 4.98 Å². The summed E-state index contributed by atoms with van der Waals surface area (Å²) in [6.45, 7) is 0. The number of rotatable bonds is 4. The van der Waals surface area contributed by atoms with E-state index >= 15 is 0 Å². The highest BCUT2D eigenvalue weighted by Crippen LogP contribution is 2.31. The Bertz CT molecular complexity index is 629. The van der Waals surface area contributed by atoms with Crippen molar-refractivity contribution >= 4 is 17.3 Å². The molecule has 104 valence electrons. The predicted octanol–water partition coefficient (Wildman–Crippen LogP) is 1.93. The number of benzene rings is 1. The number of carbonyl (C=O) groups is 1. The molecule has 1 amide bonds. The van der Waals surface area contributed by atoms with Gasteiger partial charge in [-0.2, -0.15) is 0 Å². The Balaban J connectivity index is 2.32. The number of pyridine rings is 1. The average molecular weight is 273 g/mol. The second-order valence-electron chi connectivity index (χ2n) is 3.96. The molecule has 0 saturated carbocycles. The van der Waals surface area contributed by atoms with Crippen molar-refractivity contribution in [2.24, 2.45) is 0 Å². The van der Waals surface area contributed by atoms with Gasteiger partial charge in [0.2, 0.25) is 0 Å². The summed E-state index contributed by atoms with van der Waals surface area (Å²) in [5.74, 6) is 0.529. The van der Waals surface area contributed by atoms with Gasteiger partial charge in [-0.3, -0.25) is 9.78 Å². The summed E-state index contributed by atoms with van der Waals surface area (Å²) >= 11 is 0. The topological polar surface area (TPSA) is 86.5 Å². The SMILES string of the molecule is COc1cccc(C(=O)Nc2ccncc2N)c1OC. The first-order valence-electron chi connectivity index (χ1n) is 5.89. The van der Waals surface area contributed by atoms with Crippen molar-refractivity contribution in [3.63, 3.8) is 0 Å². The van der Waals surface area contributed by atoms with Crippen molar-refractivity contribution in [3.8, 4) is 11.5 Å². The first-order valence-corrected chi connectivity index (χ1v) is 5.89. The van der Waals surface area contributed by atoms with Crippen molar-refractivity contribution in [2.75, 3.05) is 25.3 Å². The van der Waals surface area contributed by atoms with E-state index in [-0.39, 0.29) is 5.91 Å². The van der Waals surface area contributed by atoms with E-state index in [9.17, 15) is 4.79 Å². The van der Waals surface area contributed by atoms with Gasteiger partial charge in [0.25, 0.3) is 5.91 Å². The number of methoxy groups -OCH3 is 2.